The lowest BCUT2D eigenvalue weighted by Crippen LogP contribution is -2.05. The minimum absolute atomic E-state index is 0.705. The SMILES string of the molecule is CCc1nn(C)cc1CNc1ccc2nnc(C)n2n1. The second-order valence-electron chi connectivity index (χ2n) is 4.72. The maximum absolute atomic E-state index is 4.47. The summed E-state index contributed by atoms with van der Waals surface area (Å²) >= 11 is 0. The van der Waals surface area contributed by atoms with Crippen molar-refractivity contribution in [3.63, 3.8) is 0 Å². The number of aromatic nitrogens is 6. The van der Waals surface area contributed by atoms with E-state index in [-0.39, 0.29) is 0 Å². The summed E-state index contributed by atoms with van der Waals surface area (Å²) in [6.07, 6.45) is 2.96. The minimum Gasteiger partial charge on any atom is -0.364 e. The Labute approximate surface area is 116 Å². The zero-order chi connectivity index (χ0) is 14.1. The lowest BCUT2D eigenvalue weighted by Gasteiger charge is -2.05. The summed E-state index contributed by atoms with van der Waals surface area (Å²) in [5.74, 6) is 1.57. The largest absolute Gasteiger partial charge is 0.364 e. The predicted octanol–water partition coefficient (Wildman–Crippen LogP) is 1.34. The highest BCUT2D eigenvalue weighted by Crippen LogP contribution is 2.11. The predicted molar refractivity (Wildman–Crippen MR) is 75.4 cm³/mol. The van der Waals surface area contributed by atoms with Gasteiger partial charge < -0.3 is 5.32 Å². The second-order valence-corrected chi connectivity index (χ2v) is 4.72. The lowest BCUT2D eigenvalue weighted by atomic mass is 10.2. The number of fused-ring (bicyclic) bond motifs is 1. The molecule has 0 unspecified atom stereocenters. The van der Waals surface area contributed by atoms with Crippen molar-refractivity contribution in [1.29, 1.82) is 0 Å². The Hall–Kier alpha value is -2.44. The number of aryl methyl sites for hydroxylation is 3. The van der Waals surface area contributed by atoms with Crippen molar-refractivity contribution < 1.29 is 0 Å². The molecule has 20 heavy (non-hydrogen) atoms. The van der Waals surface area contributed by atoms with Crippen molar-refractivity contribution in [1.82, 2.24) is 29.6 Å². The molecule has 3 aromatic rings. The number of hydrogen-bond acceptors (Lipinski definition) is 5. The van der Waals surface area contributed by atoms with Gasteiger partial charge in [-0.3, -0.25) is 4.68 Å². The summed E-state index contributed by atoms with van der Waals surface area (Å²) in [5.41, 5.74) is 3.06. The molecule has 3 aromatic heterocycles. The lowest BCUT2D eigenvalue weighted by molar-refractivity contribution is 0.746. The number of anilines is 1. The van der Waals surface area contributed by atoms with E-state index < -0.39 is 0 Å². The van der Waals surface area contributed by atoms with Crippen molar-refractivity contribution in [3.8, 4) is 0 Å². The van der Waals surface area contributed by atoms with Crippen molar-refractivity contribution in [3.05, 3.63) is 35.4 Å². The van der Waals surface area contributed by atoms with E-state index in [4.69, 9.17) is 0 Å². The molecule has 1 N–H and O–H groups in total. The number of nitrogens with zero attached hydrogens (tertiary/aromatic N) is 6. The van der Waals surface area contributed by atoms with Gasteiger partial charge in [0.25, 0.3) is 0 Å². The van der Waals surface area contributed by atoms with Crippen LogP contribution in [0, 0.1) is 6.92 Å². The zero-order valence-electron chi connectivity index (χ0n) is 11.8. The van der Waals surface area contributed by atoms with Gasteiger partial charge in [0.15, 0.2) is 11.5 Å². The third-order valence-electron chi connectivity index (χ3n) is 3.21. The smallest absolute Gasteiger partial charge is 0.178 e. The highest BCUT2D eigenvalue weighted by Gasteiger charge is 2.07. The van der Waals surface area contributed by atoms with Crippen molar-refractivity contribution in [2.75, 3.05) is 5.32 Å². The molecule has 0 atom stereocenters. The van der Waals surface area contributed by atoms with E-state index in [0.29, 0.717) is 6.54 Å². The Morgan fingerprint density at radius 2 is 2.05 bits per heavy atom. The van der Waals surface area contributed by atoms with Crippen molar-refractivity contribution in [2.24, 2.45) is 7.05 Å². The first-order valence-corrected chi connectivity index (χ1v) is 6.61. The molecular weight excluding hydrogens is 254 g/mol. The van der Waals surface area contributed by atoms with Crippen LogP contribution in [-0.4, -0.2) is 29.6 Å². The molecule has 0 aliphatic carbocycles. The molecule has 0 spiro atoms. The van der Waals surface area contributed by atoms with Crippen LogP contribution in [0.2, 0.25) is 0 Å². The Morgan fingerprint density at radius 3 is 2.85 bits per heavy atom. The molecule has 3 rings (SSSR count). The van der Waals surface area contributed by atoms with E-state index in [0.717, 1.165) is 29.4 Å². The first-order chi connectivity index (χ1) is 9.67. The van der Waals surface area contributed by atoms with Crippen LogP contribution in [0.1, 0.15) is 24.0 Å². The summed E-state index contributed by atoms with van der Waals surface area (Å²) in [6, 6.07) is 3.81. The maximum atomic E-state index is 4.47. The molecule has 0 aliphatic rings. The molecule has 3 heterocycles. The van der Waals surface area contributed by atoms with Gasteiger partial charge in [-0.25, -0.2) is 0 Å². The van der Waals surface area contributed by atoms with Crippen LogP contribution in [0.3, 0.4) is 0 Å². The fraction of sp³-hybridized carbons (Fsp3) is 0.385. The van der Waals surface area contributed by atoms with Crippen LogP contribution in [0.5, 0.6) is 0 Å². The molecule has 0 amide bonds. The first kappa shape index (κ1) is 12.6. The van der Waals surface area contributed by atoms with E-state index in [1.807, 2.05) is 37.0 Å². The zero-order valence-corrected chi connectivity index (χ0v) is 11.8. The third-order valence-corrected chi connectivity index (χ3v) is 3.21. The van der Waals surface area contributed by atoms with E-state index in [1.54, 1.807) is 4.52 Å². The molecule has 0 saturated heterocycles. The van der Waals surface area contributed by atoms with Gasteiger partial charge in [0, 0.05) is 25.4 Å². The summed E-state index contributed by atoms with van der Waals surface area (Å²) < 4.78 is 3.57. The van der Waals surface area contributed by atoms with Gasteiger partial charge in [0.2, 0.25) is 0 Å². The summed E-state index contributed by atoms with van der Waals surface area (Å²) in [4.78, 5) is 0. The minimum atomic E-state index is 0.705. The van der Waals surface area contributed by atoms with Crippen LogP contribution >= 0.6 is 0 Å². The van der Waals surface area contributed by atoms with Gasteiger partial charge in [-0.2, -0.15) is 9.61 Å². The van der Waals surface area contributed by atoms with Crippen molar-refractivity contribution >= 4 is 11.5 Å². The highest BCUT2D eigenvalue weighted by atomic mass is 15.4. The quantitative estimate of drug-likeness (QED) is 0.775. The maximum Gasteiger partial charge on any atom is 0.178 e. The molecule has 0 radical (unpaired) electrons. The Bertz CT molecular complexity index is 740. The first-order valence-electron chi connectivity index (χ1n) is 6.61. The molecule has 0 saturated carbocycles. The summed E-state index contributed by atoms with van der Waals surface area (Å²) in [5, 5.41) is 20.2. The fourth-order valence-corrected chi connectivity index (χ4v) is 2.21. The second kappa shape index (κ2) is 4.92. The topological polar surface area (TPSA) is 72.9 Å². The average molecular weight is 271 g/mol. The highest BCUT2D eigenvalue weighted by molar-refractivity contribution is 5.44. The molecular formula is C13H17N7. The molecule has 0 aromatic carbocycles. The molecule has 0 bridgehead atoms. The van der Waals surface area contributed by atoms with Crippen molar-refractivity contribution in [2.45, 2.75) is 26.8 Å². The molecule has 0 fully saturated rings. The van der Waals surface area contributed by atoms with Gasteiger partial charge in [-0.1, -0.05) is 6.92 Å². The summed E-state index contributed by atoms with van der Waals surface area (Å²) in [6.45, 7) is 4.69. The average Bonchev–Trinajstić information content (AvgIpc) is 3.00. The summed E-state index contributed by atoms with van der Waals surface area (Å²) in [7, 11) is 1.94. The number of hydrogen-bond donors (Lipinski definition) is 1. The molecule has 7 heteroatoms. The van der Waals surface area contributed by atoms with Gasteiger partial charge in [-0.15, -0.1) is 15.3 Å². The number of rotatable bonds is 4. The molecule has 7 nitrogen and oxygen atoms in total. The monoisotopic (exact) mass is 271 g/mol. The van der Waals surface area contributed by atoms with Gasteiger partial charge >= 0.3 is 0 Å². The third kappa shape index (κ3) is 2.22. The van der Waals surface area contributed by atoms with E-state index in [1.165, 1.54) is 5.56 Å². The Morgan fingerprint density at radius 1 is 1.20 bits per heavy atom. The fourth-order valence-electron chi connectivity index (χ4n) is 2.21. The van der Waals surface area contributed by atoms with Gasteiger partial charge in [-0.05, 0) is 25.5 Å². The van der Waals surface area contributed by atoms with Crippen LogP contribution in [-0.2, 0) is 20.0 Å². The molecule has 104 valence electrons. The van der Waals surface area contributed by atoms with Crippen LogP contribution in [0.25, 0.3) is 5.65 Å². The van der Waals surface area contributed by atoms with E-state index in [9.17, 15) is 0 Å². The van der Waals surface area contributed by atoms with Gasteiger partial charge in [0.05, 0.1) is 5.69 Å². The van der Waals surface area contributed by atoms with E-state index in [2.05, 4.69) is 32.6 Å². The standard InChI is InChI=1S/C13H17N7/c1-4-11-10(8-19(3)17-11)7-14-12-5-6-13-16-15-9(2)20(13)18-12/h5-6,8H,4,7H2,1-3H3,(H,14,18). The normalized spacial score (nSPS) is 11.2. The Kier molecular flexibility index (Phi) is 3.09. The van der Waals surface area contributed by atoms with Crippen LogP contribution in [0.4, 0.5) is 5.82 Å². The van der Waals surface area contributed by atoms with Crippen LogP contribution < -0.4 is 5.32 Å². The van der Waals surface area contributed by atoms with E-state index >= 15 is 0 Å². The Balaban J connectivity index is 1.80. The molecule has 0 aliphatic heterocycles. The number of nitrogens with one attached hydrogen (secondary N) is 1. The van der Waals surface area contributed by atoms with Crippen LogP contribution in [0.15, 0.2) is 18.3 Å². The van der Waals surface area contributed by atoms with Gasteiger partial charge in [0.1, 0.15) is 5.82 Å².